The molecule has 4 rings (SSSR count). The Morgan fingerprint density at radius 3 is 2.61 bits per heavy atom. The first kappa shape index (κ1) is 18.6. The monoisotopic (exact) mass is 393 g/mol. The number of hydrogen-bond acceptors (Lipinski definition) is 4. The molecule has 0 bridgehead atoms. The Morgan fingerprint density at radius 2 is 1.89 bits per heavy atom. The van der Waals surface area contributed by atoms with Gasteiger partial charge in [0.1, 0.15) is 11.6 Å². The molecule has 0 aliphatic carbocycles. The topological polar surface area (TPSA) is 56.1 Å². The van der Waals surface area contributed by atoms with E-state index >= 15 is 0 Å². The van der Waals surface area contributed by atoms with E-state index in [2.05, 4.69) is 37.4 Å². The van der Waals surface area contributed by atoms with Crippen molar-refractivity contribution >= 4 is 23.5 Å². The van der Waals surface area contributed by atoms with Crippen LogP contribution in [0.15, 0.2) is 42.5 Å². The Bertz CT molecular complexity index is 1040. The maximum atomic E-state index is 12.5. The van der Waals surface area contributed by atoms with E-state index in [1.54, 1.807) is 18.9 Å². The number of nitrogens with one attached hydrogen (secondary N) is 1. The number of thioether (sulfide) groups is 1. The highest BCUT2D eigenvalue weighted by Gasteiger charge is 2.31. The first-order valence-electron chi connectivity index (χ1n) is 9.20. The van der Waals surface area contributed by atoms with Crippen molar-refractivity contribution in [1.82, 2.24) is 9.78 Å². The number of benzene rings is 2. The summed E-state index contributed by atoms with van der Waals surface area (Å²) in [7, 11) is 1.64. The molecule has 2 aromatic carbocycles. The quantitative estimate of drug-likeness (QED) is 0.708. The fraction of sp³-hybridized carbons (Fsp3) is 0.273. The lowest BCUT2D eigenvalue weighted by molar-refractivity contribution is -0.113. The molecule has 6 heteroatoms. The number of fused-ring (bicyclic) bond motifs is 1. The van der Waals surface area contributed by atoms with Crippen LogP contribution in [-0.2, 0) is 4.79 Å². The zero-order valence-corrected chi connectivity index (χ0v) is 17.3. The van der Waals surface area contributed by atoms with Crippen molar-refractivity contribution in [1.29, 1.82) is 0 Å². The largest absolute Gasteiger partial charge is 0.497 e. The summed E-state index contributed by atoms with van der Waals surface area (Å²) in [4.78, 5) is 12.5. The third-order valence-corrected chi connectivity index (χ3v) is 6.29. The fourth-order valence-corrected chi connectivity index (χ4v) is 4.85. The molecule has 5 nitrogen and oxygen atoms in total. The van der Waals surface area contributed by atoms with E-state index in [-0.39, 0.29) is 11.2 Å². The van der Waals surface area contributed by atoms with Crippen LogP contribution in [-0.4, -0.2) is 28.6 Å². The summed E-state index contributed by atoms with van der Waals surface area (Å²) in [5, 5.41) is 7.91. The minimum absolute atomic E-state index is 0.00582. The van der Waals surface area contributed by atoms with E-state index < -0.39 is 0 Å². The second-order valence-corrected chi connectivity index (χ2v) is 8.15. The molecule has 28 heavy (non-hydrogen) atoms. The van der Waals surface area contributed by atoms with Crippen molar-refractivity contribution in [3.8, 4) is 11.4 Å². The lowest BCUT2D eigenvalue weighted by Crippen LogP contribution is -2.15. The van der Waals surface area contributed by atoms with Gasteiger partial charge in [0.2, 0.25) is 5.91 Å². The van der Waals surface area contributed by atoms with Crippen LogP contribution in [0.1, 0.15) is 33.2 Å². The molecule has 1 aromatic heterocycles. The lowest BCUT2D eigenvalue weighted by Gasteiger charge is -2.18. The van der Waals surface area contributed by atoms with Crippen LogP contribution in [0.25, 0.3) is 5.69 Å². The Hall–Kier alpha value is -2.73. The van der Waals surface area contributed by atoms with Crippen molar-refractivity contribution < 1.29 is 9.53 Å². The van der Waals surface area contributed by atoms with Gasteiger partial charge >= 0.3 is 0 Å². The summed E-state index contributed by atoms with van der Waals surface area (Å²) >= 11 is 1.65. The SMILES string of the molecule is COc1ccc(-n2nc(C)c3c2NC(=O)CSC3c2cc(C)ccc2C)cc1. The van der Waals surface area contributed by atoms with Gasteiger partial charge in [-0.05, 0) is 56.2 Å². The number of aromatic nitrogens is 2. The average Bonchev–Trinajstić information content (AvgIpc) is 2.90. The van der Waals surface area contributed by atoms with E-state index in [1.807, 2.05) is 35.9 Å². The zero-order valence-electron chi connectivity index (χ0n) is 16.4. The van der Waals surface area contributed by atoms with E-state index in [0.717, 1.165) is 28.5 Å². The summed E-state index contributed by atoms with van der Waals surface area (Å²) in [6.07, 6.45) is 0. The number of methoxy groups -OCH3 is 1. The number of anilines is 1. The number of rotatable bonds is 3. The minimum atomic E-state index is -0.00582. The predicted octanol–water partition coefficient (Wildman–Crippen LogP) is 4.58. The molecule has 0 fully saturated rings. The maximum Gasteiger partial charge on any atom is 0.235 e. The molecule has 1 aliphatic rings. The number of carbonyl (C=O) groups is 1. The van der Waals surface area contributed by atoms with Crippen LogP contribution in [0.2, 0.25) is 0 Å². The summed E-state index contributed by atoms with van der Waals surface area (Å²) < 4.78 is 7.08. The minimum Gasteiger partial charge on any atom is -0.497 e. The molecule has 1 amide bonds. The van der Waals surface area contributed by atoms with E-state index in [0.29, 0.717) is 5.75 Å². The third-order valence-electron chi connectivity index (χ3n) is 5.04. The molecule has 0 spiro atoms. The molecule has 2 heterocycles. The highest BCUT2D eigenvalue weighted by Crippen LogP contribution is 2.45. The van der Waals surface area contributed by atoms with Crippen molar-refractivity contribution in [2.45, 2.75) is 26.0 Å². The molecule has 3 aromatic rings. The van der Waals surface area contributed by atoms with Gasteiger partial charge < -0.3 is 10.1 Å². The molecule has 144 valence electrons. The van der Waals surface area contributed by atoms with Gasteiger partial charge in [-0.2, -0.15) is 5.10 Å². The number of amides is 1. The van der Waals surface area contributed by atoms with Crippen LogP contribution in [0, 0.1) is 20.8 Å². The second kappa shape index (κ2) is 7.36. The summed E-state index contributed by atoms with van der Waals surface area (Å²) in [5.41, 5.74) is 6.55. The molecule has 0 saturated heterocycles. The summed E-state index contributed by atoms with van der Waals surface area (Å²) in [6.45, 7) is 6.23. The third kappa shape index (κ3) is 3.29. The molecule has 0 saturated carbocycles. The fourth-order valence-electron chi connectivity index (χ4n) is 3.58. The van der Waals surface area contributed by atoms with Crippen molar-refractivity contribution in [3.63, 3.8) is 0 Å². The summed E-state index contributed by atoms with van der Waals surface area (Å²) in [5.74, 6) is 1.94. The van der Waals surface area contributed by atoms with Gasteiger partial charge in [0.25, 0.3) is 0 Å². The number of hydrogen-bond donors (Lipinski definition) is 1. The van der Waals surface area contributed by atoms with E-state index in [9.17, 15) is 4.79 Å². The first-order chi connectivity index (χ1) is 13.5. The van der Waals surface area contributed by atoms with Crippen molar-refractivity contribution in [2.75, 3.05) is 18.2 Å². The van der Waals surface area contributed by atoms with Crippen molar-refractivity contribution in [2.24, 2.45) is 0 Å². The maximum absolute atomic E-state index is 12.5. The van der Waals surface area contributed by atoms with E-state index in [4.69, 9.17) is 9.84 Å². The highest BCUT2D eigenvalue weighted by molar-refractivity contribution is 8.00. The van der Waals surface area contributed by atoms with Gasteiger partial charge in [-0.3, -0.25) is 4.79 Å². The molecule has 1 aliphatic heterocycles. The van der Waals surface area contributed by atoms with Crippen LogP contribution >= 0.6 is 11.8 Å². The molecule has 0 radical (unpaired) electrons. The van der Waals surface area contributed by atoms with Gasteiger partial charge in [-0.25, -0.2) is 4.68 Å². The van der Waals surface area contributed by atoms with Crippen LogP contribution in [0.5, 0.6) is 5.75 Å². The van der Waals surface area contributed by atoms with Gasteiger partial charge in [0.15, 0.2) is 0 Å². The predicted molar refractivity (Wildman–Crippen MR) is 114 cm³/mol. The van der Waals surface area contributed by atoms with Crippen LogP contribution < -0.4 is 10.1 Å². The zero-order chi connectivity index (χ0) is 19.8. The van der Waals surface area contributed by atoms with Gasteiger partial charge in [-0.1, -0.05) is 23.8 Å². The standard InChI is InChI=1S/C22H23N3O2S/c1-13-5-6-14(2)18(11-13)21-20-15(3)24-25(22(20)23-19(26)12-28-21)16-7-9-17(27-4)10-8-16/h5-11,21H,12H2,1-4H3,(H,23,26). The number of ether oxygens (including phenoxy) is 1. The van der Waals surface area contributed by atoms with Crippen LogP contribution in [0.4, 0.5) is 5.82 Å². The normalized spacial score (nSPS) is 16.3. The molecule has 1 atom stereocenters. The smallest absolute Gasteiger partial charge is 0.235 e. The molecular formula is C22H23N3O2S. The highest BCUT2D eigenvalue weighted by atomic mass is 32.2. The van der Waals surface area contributed by atoms with Gasteiger partial charge in [0.05, 0.1) is 29.5 Å². The number of aryl methyl sites for hydroxylation is 3. The van der Waals surface area contributed by atoms with Gasteiger partial charge in [-0.15, -0.1) is 11.8 Å². The Labute approximate surface area is 169 Å². The Morgan fingerprint density at radius 1 is 1.14 bits per heavy atom. The lowest BCUT2D eigenvalue weighted by atomic mass is 9.98. The Kier molecular flexibility index (Phi) is 4.89. The van der Waals surface area contributed by atoms with Crippen LogP contribution in [0.3, 0.4) is 0 Å². The number of carbonyl (C=O) groups excluding carboxylic acids is 1. The van der Waals surface area contributed by atoms with E-state index in [1.165, 1.54) is 16.7 Å². The average molecular weight is 394 g/mol. The number of nitrogens with zero attached hydrogens (tertiary/aromatic N) is 2. The van der Waals surface area contributed by atoms with Crippen molar-refractivity contribution in [3.05, 3.63) is 70.4 Å². The first-order valence-corrected chi connectivity index (χ1v) is 10.3. The second-order valence-electron chi connectivity index (χ2n) is 7.06. The molecule has 1 unspecified atom stereocenters. The molecular weight excluding hydrogens is 370 g/mol. The summed E-state index contributed by atoms with van der Waals surface area (Å²) in [6, 6.07) is 14.2. The Balaban J connectivity index is 1.88. The molecule has 1 N–H and O–H groups in total. The van der Waals surface area contributed by atoms with Gasteiger partial charge in [0, 0.05) is 5.56 Å².